The number of benzene rings is 1. The van der Waals surface area contributed by atoms with Gasteiger partial charge < -0.3 is 9.64 Å². The molecule has 16 heavy (non-hydrogen) atoms. The van der Waals surface area contributed by atoms with Crippen LogP contribution in [0.25, 0.3) is 0 Å². The highest BCUT2D eigenvalue weighted by Gasteiger charge is 2.30. The molecule has 1 aromatic carbocycles. The smallest absolute Gasteiger partial charge is 0.158 e. The SMILES string of the molecule is Cc1cc(Cl)cc2c1C(N1C=NCC1)OC2. The lowest BCUT2D eigenvalue weighted by Gasteiger charge is -2.23. The lowest BCUT2D eigenvalue weighted by molar-refractivity contribution is -0.0104. The molecule has 2 aliphatic heterocycles. The molecule has 4 heteroatoms. The van der Waals surface area contributed by atoms with Gasteiger partial charge in [0.25, 0.3) is 0 Å². The summed E-state index contributed by atoms with van der Waals surface area (Å²) in [5, 5.41) is 0.788. The van der Waals surface area contributed by atoms with Crippen LogP contribution in [0.1, 0.15) is 22.9 Å². The summed E-state index contributed by atoms with van der Waals surface area (Å²) in [5.74, 6) is 0. The number of hydrogen-bond donors (Lipinski definition) is 0. The van der Waals surface area contributed by atoms with E-state index in [2.05, 4.69) is 16.8 Å². The molecular formula is C12H13ClN2O. The molecule has 84 valence electrons. The van der Waals surface area contributed by atoms with Crippen molar-refractivity contribution in [2.24, 2.45) is 4.99 Å². The standard InChI is InChI=1S/C12H13ClN2O/c1-8-4-10(13)5-9-6-16-12(11(8)9)15-3-2-14-7-15/h4-5,7,12H,2-3,6H2,1H3. The van der Waals surface area contributed by atoms with Gasteiger partial charge in [-0.25, -0.2) is 0 Å². The molecule has 3 rings (SSSR count). The lowest BCUT2D eigenvalue weighted by Crippen LogP contribution is -2.25. The normalized spacial score (nSPS) is 22.9. The van der Waals surface area contributed by atoms with Crippen molar-refractivity contribution >= 4 is 17.9 Å². The monoisotopic (exact) mass is 236 g/mol. The van der Waals surface area contributed by atoms with Crippen molar-refractivity contribution in [3.63, 3.8) is 0 Å². The summed E-state index contributed by atoms with van der Waals surface area (Å²) in [7, 11) is 0. The van der Waals surface area contributed by atoms with Gasteiger partial charge in [-0.1, -0.05) is 11.6 Å². The summed E-state index contributed by atoms with van der Waals surface area (Å²) < 4.78 is 5.82. The molecule has 3 nitrogen and oxygen atoms in total. The number of fused-ring (bicyclic) bond motifs is 1. The molecule has 1 unspecified atom stereocenters. The third-order valence-corrected chi connectivity index (χ3v) is 3.32. The molecule has 2 heterocycles. The van der Waals surface area contributed by atoms with Gasteiger partial charge in [0.1, 0.15) is 0 Å². The highest BCUT2D eigenvalue weighted by atomic mass is 35.5. The average molecular weight is 237 g/mol. The summed E-state index contributed by atoms with van der Waals surface area (Å²) in [6, 6.07) is 3.99. The number of rotatable bonds is 1. The first-order valence-corrected chi connectivity index (χ1v) is 5.80. The fourth-order valence-electron chi connectivity index (χ4n) is 2.38. The van der Waals surface area contributed by atoms with Crippen molar-refractivity contribution in [3.05, 3.63) is 33.8 Å². The zero-order valence-electron chi connectivity index (χ0n) is 9.11. The van der Waals surface area contributed by atoms with E-state index < -0.39 is 0 Å². The number of ether oxygens (including phenoxy) is 1. The van der Waals surface area contributed by atoms with Crippen molar-refractivity contribution in [3.8, 4) is 0 Å². The van der Waals surface area contributed by atoms with Crippen molar-refractivity contribution in [2.45, 2.75) is 19.8 Å². The Morgan fingerprint density at radius 1 is 1.50 bits per heavy atom. The zero-order chi connectivity index (χ0) is 11.1. The van der Waals surface area contributed by atoms with Gasteiger partial charge in [0, 0.05) is 17.1 Å². The third-order valence-electron chi connectivity index (χ3n) is 3.10. The van der Waals surface area contributed by atoms with Gasteiger partial charge in [-0.05, 0) is 30.2 Å². The lowest BCUT2D eigenvalue weighted by atomic mass is 10.0. The predicted octanol–water partition coefficient (Wildman–Crippen LogP) is 2.52. The molecule has 0 bridgehead atoms. The van der Waals surface area contributed by atoms with Crippen LogP contribution in [0, 0.1) is 6.92 Å². The molecule has 0 amide bonds. The first-order valence-electron chi connectivity index (χ1n) is 5.42. The molecule has 1 aromatic rings. The van der Waals surface area contributed by atoms with Crippen LogP contribution in [0.4, 0.5) is 0 Å². The van der Waals surface area contributed by atoms with E-state index >= 15 is 0 Å². The summed E-state index contributed by atoms with van der Waals surface area (Å²) in [4.78, 5) is 6.37. The van der Waals surface area contributed by atoms with Crippen molar-refractivity contribution in [2.75, 3.05) is 13.1 Å². The Morgan fingerprint density at radius 3 is 3.12 bits per heavy atom. The Kier molecular flexibility index (Phi) is 2.37. The van der Waals surface area contributed by atoms with Crippen LogP contribution in [0.3, 0.4) is 0 Å². The predicted molar refractivity (Wildman–Crippen MR) is 63.8 cm³/mol. The van der Waals surface area contributed by atoms with Gasteiger partial charge in [-0.2, -0.15) is 0 Å². The van der Waals surface area contributed by atoms with E-state index in [4.69, 9.17) is 16.3 Å². The van der Waals surface area contributed by atoms with E-state index in [1.807, 2.05) is 18.5 Å². The van der Waals surface area contributed by atoms with E-state index in [1.165, 1.54) is 16.7 Å². The Labute approximate surface area is 99.7 Å². The second-order valence-corrected chi connectivity index (χ2v) is 4.65. The number of aryl methyl sites for hydroxylation is 1. The van der Waals surface area contributed by atoms with Crippen molar-refractivity contribution < 1.29 is 4.74 Å². The summed E-state index contributed by atoms with van der Waals surface area (Å²) in [6.07, 6.45) is 1.91. The fourth-order valence-corrected chi connectivity index (χ4v) is 2.68. The van der Waals surface area contributed by atoms with Crippen LogP contribution in [-0.4, -0.2) is 24.3 Å². The van der Waals surface area contributed by atoms with Gasteiger partial charge in [0.15, 0.2) is 6.23 Å². The maximum Gasteiger partial charge on any atom is 0.158 e. The second kappa shape index (κ2) is 3.75. The number of nitrogens with zero attached hydrogens (tertiary/aromatic N) is 2. The van der Waals surface area contributed by atoms with E-state index in [1.54, 1.807) is 0 Å². The van der Waals surface area contributed by atoms with Crippen LogP contribution >= 0.6 is 11.6 Å². The van der Waals surface area contributed by atoms with E-state index in [-0.39, 0.29) is 6.23 Å². The van der Waals surface area contributed by atoms with Crippen LogP contribution in [-0.2, 0) is 11.3 Å². The Balaban J connectivity index is 2.01. The molecule has 2 aliphatic rings. The molecule has 0 spiro atoms. The maximum atomic E-state index is 6.04. The minimum Gasteiger partial charge on any atom is -0.349 e. The Hall–Kier alpha value is -1.06. The minimum atomic E-state index is 0.0264. The summed E-state index contributed by atoms with van der Waals surface area (Å²) in [5.41, 5.74) is 3.67. The molecular weight excluding hydrogens is 224 g/mol. The topological polar surface area (TPSA) is 24.8 Å². The second-order valence-electron chi connectivity index (χ2n) is 4.22. The van der Waals surface area contributed by atoms with Crippen LogP contribution in [0.15, 0.2) is 17.1 Å². The van der Waals surface area contributed by atoms with Gasteiger partial charge in [-0.15, -0.1) is 0 Å². The first-order chi connectivity index (χ1) is 7.75. The van der Waals surface area contributed by atoms with Crippen molar-refractivity contribution in [1.29, 1.82) is 0 Å². The van der Waals surface area contributed by atoms with Crippen molar-refractivity contribution in [1.82, 2.24) is 4.90 Å². The Morgan fingerprint density at radius 2 is 2.38 bits per heavy atom. The summed E-state index contributed by atoms with van der Waals surface area (Å²) in [6.45, 7) is 4.53. The van der Waals surface area contributed by atoms with Crippen LogP contribution in [0.2, 0.25) is 5.02 Å². The first kappa shape index (κ1) is 10.1. The Bertz CT molecular complexity index is 459. The molecule has 1 atom stereocenters. The molecule has 0 aromatic heterocycles. The van der Waals surface area contributed by atoms with Gasteiger partial charge in [-0.3, -0.25) is 4.99 Å². The fraction of sp³-hybridized carbons (Fsp3) is 0.417. The number of hydrogen-bond acceptors (Lipinski definition) is 3. The van der Waals surface area contributed by atoms with E-state index in [0.717, 1.165) is 18.1 Å². The van der Waals surface area contributed by atoms with E-state index in [0.29, 0.717) is 6.61 Å². The summed E-state index contributed by atoms with van der Waals surface area (Å²) >= 11 is 6.04. The van der Waals surface area contributed by atoms with Gasteiger partial charge in [0.05, 0.1) is 19.5 Å². The van der Waals surface area contributed by atoms with E-state index in [9.17, 15) is 0 Å². The highest BCUT2D eigenvalue weighted by Crippen LogP contribution is 2.37. The number of aliphatic imine (C=N–C) groups is 1. The quantitative estimate of drug-likeness (QED) is 0.749. The third kappa shape index (κ3) is 1.51. The molecule has 0 fully saturated rings. The molecule has 0 N–H and O–H groups in total. The average Bonchev–Trinajstić information content (AvgIpc) is 2.82. The maximum absolute atomic E-state index is 6.04. The molecule has 0 saturated heterocycles. The minimum absolute atomic E-state index is 0.0264. The molecule has 0 aliphatic carbocycles. The van der Waals surface area contributed by atoms with Crippen LogP contribution in [0.5, 0.6) is 0 Å². The molecule has 0 radical (unpaired) electrons. The largest absolute Gasteiger partial charge is 0.349 e. The van der Waals surface area contributed by atoms with Gasteiger partial charge >= 0.3 is 0 Å². The molecule has 0 saturated carbocycles. The van der Waals surface area contributed by atoms with Crippen LogP contribution < -0.4 is 0 Å². The number of halogens is 1. The highest BCUT2D eigenvalue weighted by molar-refractivity contribution is 6.30. The van der Waals surface area contributed by atoms with Gasteiger partial charge in [0.2, 0.25) is 0 Å². The zero-order valence-corrected chi connectivity index (χ0v) is 9.87.